The van der Waals surface area contributed by atoms with Gasteiger partial charge in [-0.15, -0.1) is 0 Å². The van der Waals surface area contributed by atoms with Crippen molar-refractivity contribution in [3.8, 4) is 5.75 Å². The van der Waals surface area contributed by atoms with Gasteiger partial charge >= 0.3 is 5.91 Å². The predicted molar refractivity (Wildman–Crippen MR) is 131 cm³/mol. The number of rotatable bonds is 4. The minimum Gasteiger partial charge on any atom is -0.493 e. The van der Waals surface area contributed by atoms with Crippen LogP contribution in [0.25, 0.3) is 0 Å². The van der Waals surface area contributed by atoms with Gasteiger partial charge in [-0.2, -0.15) is 9.38 Å². The van der Waals surface area contributed by atoms with Crippen LogP contribution >= 0.6 is 0 Å². The van der Waals surface area contributed by atoms with E-state index in [-0.39, 0.29) is 41.5 Å². The maximum absolute atomic E-state index is 14.8. The number of carbonyl (C=O) groups is 3. The number of nitrogens with zero attached hydrogens (tertiary/aromatic N) is 2. The van der Waals surface area contributed by atoms with Crippen molar-refractivity contribution in [1.82, 2.24) is 0 Å². The van der Waals surface area contributed by atoms with Crippen LogP contribution in [-0.2, 0) is 20.8 Å². The van der Waals surface area contributed by atoms with Crippen LogP contribution < -0.4 is 31.0 Å². The molecule has 2 aromatic carbocycles. The Hall–Kier alpha value is -4.21. The molecule has 0 aliphatic carbocycles. The summed E-state index contributed by atoms with van der Waals surface area (Å²) in [6, 6.07) is 10.0. The summed E-state index contributed by atoms with van der Waals surface area (Å²) in [5.74, 6) is -1.37. The molecule has 0 bridgehead atoms. The standard InChI is InChI=1S/C26H26FN5O4/c27-19-14-21-15(9-12-36-21)13-20(19)30-24-18(23(28)25(29)34)8-11-32(26(24)35)17-6-4-16(5-7-17)31-10-2-1-3-22(31)33/h4-7,13-14H,1-3,8-12,28H2,(H2,29,34)/p+1. The first-order valence-electron chi connectivity index (χ1n) is 11.9. The van der Waals surface area contributed by atoms with Gasteiger partial charge in [-0.05, 0) is 43.5 Å². The van der Waals surface area contributed by atoms with E-state index in [0.717, 1.165) is 24.1 Å². The van der Waals surface area contributed by atoms with Crippen LogP contribution in [0.5, 0.6) is 5.75 Å². The number of benzene rings is 2. The highest BCUT2D eigenvalue weighted by atomic mass is 19.1. The summed E-state index contributed by atoms with van der Waals surface area (Å²) in [5.41, 5.74) is 13.6. The lowest BCUT2D eigenvalue weighted by Crippen LogP contribution is -2.72. The van der Waals surface area contributed by atoms with E-state index >= 15 is 0 Å². The molecule has 3 aliphatic rings. The van der Waals surface area contributed by atoms with E-state index in [1.54, 1.807) is 23.1 Å². The largest absolute Gasteiger partial charge is 0.493 e. The van der Waals surface area contributed by atoms with Crippen molar-refractivity contribution in [3.63, 3.8) is 0 Å². The molecule has 5 N–H and O–H groups in total. The van der Waals surface area contributed by atoms with Crippen molar-refractivity contribution >= 4 is 40.5 Å². The SMILES string of the molecule is NC(=O)C(N)=C1CCN(c2ccc(N3CCCCC3=O)cc2)C(=O)C1=[NH+]c1cc2c(cc1F)OCC2. The van der Waals surface area contributed by atoms with E-state index in [1.165, 1.54) is 11.0 Å². The summed E-state index contributed by atoms with van der Waals surface area (Å²) in [5, 5.41) is 0. The maximum atomic E-state index is 14.8. The molecule has 0 radical (unpaired) electrons. The molecule has 0 spiro atoms. The van der Waals surface area contributed by atoms with Gasteiger partial charge in [0.05, 0.1) is 12.2 Å². The molecule has 2 fully saturated rings. The van der Waals surface area contributed by atoms with E-state index in [1.807, 2.05) is 12.1 Å². The maximum Gasteiger partial charge on any atom is 0.323 e. The summed E-state index contributed by atoms with van der Waals surface area (Å²) in [6.07, 6.45) is 3.23. The third-order valence-corrected chi connectivity index (χ3v) is 6.77. The van der Waals surface area contributed by atoms with E-state index in [4.69, 9.17) is 16.2 Å². The lowest BCUT2D eigenvalue weighted by Gasteiger charge is -2.29. The Kier molecular flexibility index (Phi) is 6.17. The molecule has 0 saturated carbocycles. The molecule has 3 amide bonds. The fourth-order valence-electron chi connectivity index (χ4n) is 4.83. The van der Waals surface area contributed by atoms with Gasteiger partial charge in [0.25, 0.3) is 11.6 Å². The van der Waals surface area contributed by atoms with Crippen LogP contribution in [0.1, 0.15) is 31.2 Å². The zero-order valence-corrected chi connectivity index (χ0v) is 19.7. The Labute approximate surface area is 207 Å². The van der Waals surface area contributed by atoms with Crippen molar-refractivity contribution in [2.24, 2.45) is 11.5 Å². The van der Waals surface area contributed by atoms with Crippen LogP contribution in [-0.4, -0.2) is 43.1 Å². The average molecular weight is 493 g/mol. The molecule has 36 heavy (non-hydrogen) atoms. The van der Waals surface area contributed by atoms with E-state index in [0.29, 0.717) is 37.4 Å². The molecular weight excluding hydrogens is 465 g/mol. The number of hydrogen-bond donors (Lipinski definition) is 3. The number of nitrogens with two attached hydrogens (primary N) is 2. The number of ether oxygens (including phenoxy) is 1. The third kappa shape index (κ3) is 4.30. The van der Waals surface area contributed by atoms with Crippen LogP contribution in [0.2, 0.25) is 0 Å². The van der Waals surface area contributed by atoms with Gasteiger partial charge < -0.3 is 26.0 Å². The normalized spacial score (nSPS) is 20.4. The predicted octanol–water partition coefficient (Wildman–Crippen LogP) is 0.566. The highest BCUT2D eigenvalue weighted by Crippen LogP contribution is 2.30. The van der Waals surface area contributed by atoms with E-state index in [2.05, 4.69) is 4.99 Å². The first-order chi connectivity index (χ1) is 17.3. The van der Waals surface area contributed by atoms with Crippen LogP contribution in [0.3, 0.4) is 0 Å². The lowest BCUT2D eigenvalue weighted by atomic mass is 9.97. The fourth-order valence-corrected chi connectivity index (χ4v) is 4.83. The van der Waals surface area contributed by atoms with E-state index < -0.39 is 17.6 Å². The highest BCUT2D eigenvalue weighted by molar-refractivity contribution is 6.48. The minimum absolute atomic E-state index is 0.00870. The van der Waals surface area contributed by atoms with Crippen molar-refractivity contribution in [2.45, 2.75) is 32.1 Å². The van der Waals surface area contributed by atoms with Gasteiger partial charge in [0, 0.05) is 55.0 Å². The summed E-state index contributed by atoms with van der Waals surface area (Å²) in [6.45, 7) is 1.37. The Bertz CT molecular complexity index is 1320. The Morgan fingerprint density at radius 1 is 0.944 bits per heavy atom. The first-order valence-corrected chi connectivity index (χ1v) is 11.9. The molecule has 9 nitrogen and oxygen atoms in total. The molecule has 10 heteroatoms. The van der Waals surface area contributed by atoms with Crippen LogP contribution in [0, 0.1) is 5.82 Å². The summed E-state index contributed by atoms with van der Waals surface area (Å²) >= 11 is 0. The lowest BCUT2D eigenvalue weighted by molar-refractivity contribution is -0.355. The van der Waals surface area contributed by atoms with Crippen LogP contribution in [0.15, 0.2) is 47.7 Å². The monoisotopic (exact) mass is 492 g/mol. The molecule has 5 rings (SSSR count). The van der Waals surface area contributed by atoms with Crippen molar-refractivity contribution in [2.75, 3.05) is 29.5 Å². The van der Waals surface area contributed by atoms with Crippen molar-refractivity contribution < 1.29 is 28.5 Å². The molecule has 3 heterocycles. The zero-order valence-electron chi connectivity index (χ0n) is 19.7. The number of nitrogens with one attached hydrogen (secondary N) is 1. The molecule has 186 valence electrons. The minimum atomic E-state index is -0.857. The van der Waals surface area contributed by atoms with Gasteiger partial charge in [0.2, 0.25) is 11.6 Å². The fraction of sp³-hybridized carbons (Fsp3) is 0.308. The number of hydrogen-bond acceptors (Lipinski definition) is 5. The van der Waals surface area contributed by atoms with E-state index in [9.17, 15) is 18.8 Å². The number of anilines is 2. The third-order valence-electron chi connectivity index (χ3n) is 6.77. The molecule has 0 atom stereocenters. The van der Waals surface area contributed by atoms with Gasteiger partial charge in [-0.25, -0.2) is 0 Å². The smallest absolute Gasteiger partial charge is 0.323 e. The van der Waals surface area contributed by atoms with Gasteiger partial charge in [0.1, 0.15) is 11.4 Å². The zero-order chi connectivity index (χ0) is 25.4. The molecule has 0 unspecified atom stereocenters. The van der Waals surface area contributed by atoms with Crippen molar-refractivity contribution in [3.05, 3.63) is 59.0 Å². The Balaban J connectivity index is 1.50. The van der Waals surface area contributed by atoms with Crippen LogP contribution in [0.4, 0.5) is 21.5 Å². The second kappa shape index (κ2) is 9.44. The topological polar surface area (TPSA) is 133 Å². The highest BCUT2D eigenvalue weighted by Gasteiger charge is 2.37. The first kappa shape index (κ1) is 23.5. The van der Waals surface area contributed by atoms with Gasteiger partial charge in [0.15, 0.2) is 5.82 Å². The molecular formula is C26H27FN5O4+. The number of halogens is 1. The Morgan fingerprint density at radius 3 is 2.36 bits per heavy atom. The molecule has 0 aromatic heterocycles. The quantitative estimate of drug-likeness (QED) is 0.537. The summed E-state index contributed by atoms with van der Waals surface area (Å²) in [4.78, 5) is 43.9. The van der Waals surface area contributed by atoms with Gasteiger partial charge in [-0.3, -0.25) is 14.4 Å². The summed E-state index contributed by atoms with van der Waals surface area (Å²) in [7, 11) is 0. The number of amides is 3. The summed E-state index contributed by atoms with van der Waals surface area (Å²) < 4.78 is 20.2. The average Bonchev–Trinajstić information content (AvgIpc) is 3.32. The number of carbonyl (C=O) groups excluding carboxylic acids is 3. The number of fused-ring (bicyclic) bond motifs is 1. The molecule has 3 aliphatic heterocycles. The van der Waals surface area contributed by atoms with Crippen molar-refractivity contribution in [1.29, 1.82) is 0 Å². The number of piperidine rings is 2. The second-order valence-corrected chi connectivity index (χ2v) is 9.02. The van der Waals surface area contributed by atoms with Gasteiger partial charge in [-0.1, -0.05) is 0 Å². The molecule has 2 saturated heterocycles. The Morgan fingerprint density at radius 2 is 1.67 bits per heavy atom. The number of primary amides is 1. The molecule has 2 aromatic rings. The second-order valence-electron chi connectivity index (χ2n) is 9.02.